The first kappa shape index (κ1) is 25.4. The molecule has 0 saturated carbocycles. The van der Waals surface area contributed by atoms with Crippen molar-refractivity contribution in [2.24, 2.45) is 11.8 Å². The summed E-state index contributed by atoms with van der Waals surface area (Å²) >= 11 is 6.43. The Kier molecular flexibility index (Phi) is 7.64. The molecule has 8 nitrogen and oxygen atoms in total. The number of esters is 1. The molecule has 4 rings (SSSR count). The van der Waals surface area contributed by atoms with E-state index in [9.17, 15) is 19.5 Å². The normalized spacial score (nSPS) is 28.6. The van der Waals surface area contributed by atoms with Crippen molar-refractivity contribution in [2.45, 2.75) is 43.4 Å². The lowest BCUT2D eigenvalue weighted by atomic mass is 9.70. The van der Waals surface area contributed by atoms with Gasteiger partial charge in [-0.1, -0.05) is 35.9 Å². The third kappa shape index (κ3) is 4.28. The predicted octanol–water partition coefficient (Wildman–Crippen LogP) is 2.74. The third-order valence-corrected chi connectivity index (χ3v) is 7.47. The number of amides is 2. The van der Waals surface area contributed by atoms with Crippen LogP contribution in [0.4, 0.5) is 5.69 Å². The number of hydrogen-bond donors (Lipinski definition) is 1. The van der Waals surface area contributed by atoms with Gasteiger partial charge in [0.15, 0.2) is 0 Å². The van der Waals surface area contributed by atoms with Crippen molar-refractivity contribution in [3.63, 3.8) is 0 Å². The molecule has 35 heavy (non-hydrogen) atoms. The molecule has 3 heterocycles. The van der Waals surface area contributed by atoms with Crippen LogP contribution < -0.4 is 4.90 Å². The van der Waals surface area contributed by atoms with Crippen LogP contribution >= 0.6 is 11.6 Å². The summed E-state index contributed by atoms with van der Waals surface area (Å²) in [6.07, 6.45) is 4.59. The Balaban J connectivity index is 1.72. The number of anilines is 1. The van der Waals surface area contributed by atoms with Crippen LogP contribution in [0.5, 0.6) is 0 Å². The molecule has 3 fully saturated rings. The van der Waals surface area contributed by atoms with E-state index in [1.165, 1.54) is 9.80 Å². The van der Waals surface area contributed by atoms with Gasteiger partial charge in [-0.05, 0) is 37.8 Å². The van der Waals surface area contributed by atoms with Crippen LogP contribution in [0.25, 0.3) is 0 Å². The standard InChI is InChI=1S/C26H31ClN2O6/c1-3-5-16-34-25(33)20-19-11-12-26(35-19)21(20)23(31)29(14-8-15-30)22(26)24(32)28(13-4-2)18-10-7-6-9-17(18)27/h3-4,6-7,9-10,19-22,30H,1-2,5,8,11-16H2/t19-,20+,21-,22?,26?/m0/s1. The molecule has 1 aromatic carbocycles. The fourth-order valence-electron chi connectivity index (χ4n) is 5.78. The highest BCUT2D eigenvalue weighted by Gasteiger charge is 2.75. The number of halogens is 1. The smallest absolute Gasteiger partial charge is 0.312 e. The van der Waals surface area contributed by atoms with Crippen LogP contribution in [0, 0.1) is 11.8 Å². The highest BCUT2D eigenvalue weighted by molar-refractivity contribution is 6.34. The Morgan fingerprint density at radius 1 is 1.31 bits per heavy atom. The second kappa shape index (κ2) is 10.5. The molecule has 3 aliphatic heterocycles. The first-order valence-electron chi connectivity index (χ1n) is 11.9. The van der Waals surface area contributed by atoms with E-state index in [4.69, 9.17) is 21.1 Å². The number of rotatable bonds is 11. The minimum absolute atomic E-state index is 0.139. The van der Waals surface area contributed by atoms with E-state index in [0.717, 1.165) is 0 Å². The summed E-state index contributed by atoms with van der Waals surface area (Å²) < 4.78 is 11.8. The van der Waals surface area contributed by atoms with Crippen molar-refractivity contribution in [3.05, 3.63) is 54.6 Å². The van der Waals surface area contributed by atoms with Crippen LogP contribution in [0.3, 0.4) is 0 Å². The van der Waals surface area contributed by atoms with Crippen LogP contribution in [0.2, 0.25) is 5.02 Å². The van der Waals surface area contributed by atoms with E-state index >= 15 is 0 Å². The van der Waals surface area contributed by atoms with Crippen molar-refractivity contribution in [1.82, 2.24) is 4.90 Å². The largest absolute Gasteiger partial charge is 0.465 e. The van der Waals surface area contributed by atoms with E-state index in [-0.39, 0.29) is 38.1 Å². The molecule has 0 radical (unpaired) electrons. The summed E-state index contributed by atoms with van der Waals surface area (Å²) in [6, 6.07) is 6.02. The van der Waals surface area contributed by atoms with Crippen molar-refractivity contribution < 1.29 is 29.0 Å². The molecule has 3 saturated heterocycles. The zero-order valence-electron chi connectivity index (χ0n) is 19.6. The van der Waals surface area contributed by atoms with Gasteiger partial charge in [0.25, 0.3) is 5.91 Å². The summed E-state index contributed by atoms with van der Waals surface area (Å²) in [5.74, 6) is -2.75. The maximum Gasteiger partial charge on any atom is 0.312 e. The number of nitrogens with zero attached hydrogens (tertiary/aromatic N) is 2. The Labute approximate surface area is 210 Å². The molecule has 0 aromatic heterocycles. The number of aliphatic hydroxyl groups is 1. The molecule has 2 bridgehead atoms. The molecular formula is C26H31ClN2O6. The molecular weight excluding hydrogens is 472 g/mol. The molecule has 9 heteroatoms. The summed E-state index contributed by atoms with van der Waals surface area (Å²) in [4.78, 5) is 43.9. The SMILES string of the molecule is C=CCCOC(=O)[C@@H]1[C@@H]2CCC3(O2)C(C(=O)N(CC=C)c2ccccc2Cl)N(CCCO)C(=O)[C@H]13. The molecule has 188 valence electrons. The van der Waals surface area contributed by atoms with Gasteiger partial charge in [-0.3, -0.25) is 14.4 Å². The topological polar surface area (TPSA) is 96.4 Å². The second-order valence-electron chi connectivity index (χ2n) is 9.10. The van der Waals surface area contributed by atoms with E-state index in [1.807, 2.05) is 0 Å². The average molecular weight is 503 g/mol. The molecule has 2 unspecified atom stereocenters. The maximum absolute atomic E-state index is 14.2. The average Bonchev–Trinajstić information content (AvgIpc) is 3.49. The van der Waals surface area contributed by atoms with Gasteiger partial charge in [0.1, 0.15) is 11.6 Å². The van der Waals surface area contributed by atoms with Gasteiger partial charge in [-0.15, -0.1) is 13.2 Å². The number of benzene rings is 1. The summed E-state index contributed by atoms with van der Waals surface area (Å²) in [6.45, 7) is 7.80. The third-order valence-electron chi connectivity index (χ3n) is 7.15. The Hall–Kier alpha value is -2.68. The van der Waals surface area contributed by atoms with Gasteiger partial charge >= 0.3 is 5.97 Å². The zero-order chi connectivity index (χ0) is 25.2. The van der Waals surface area contributed by atoms with Crippen molar-refractivity contribution >= 4 is 35.1 Å². The fourth-order valence-corrected chi connectivity index (χ4v) is 6.01. The summed E-state index contributed by atoms with van der Waals surface area (Å²) in [5, 5.41) is 9.85. The van der Waals surface area contributed by atoms with Gasteiger partial charge in [0.05, 0.1) is 35.3 Å². The van der Waals surface area contributed by atoms with E-state index in [2.05, 4.69) is 13.2 Å². The quantitative estimate of drug-likeness (QED) is 0.284. The van der Waals surface area contributed by atoms with Gasteiger partial charge in [-0.25, -0.2) is 0 Å². The first-order chi connectivity index (χ1) is 16.9. The minimum Gasteiger partial charge on any atom is -0.465 e. The zero-order valence-corrected chi connectivity index (χ0v) is 20.4. The predicted molar refractivity (Wildman–Crippen MR) is 131 cm³/mol. The van der Waals surface area contributed by atoms with Crippen LogP contribution in [-0.2, 0) is 23.9 Å². The fraction of sp³-hybridized carbons (Fsp3) is 0.500. The Morgan fingerprint density at radius 2 is 2.09 bits per heavy atom. The number of carbonyl (C=O) groups excluding carboxylic acids is 3. The number of aliphatic hydroxyl groups excluding tert-OH is 1. The van der Waals surface area contributed by atoms with Gasteiger partial charge in [0.2, 0.25) is 5.91 Å². The Morgan fingerprint density at radius 3 is 2.77 bits per heavy atom. The molecule has 1 spiro atoms. The van der Waals surface area contributed by atoms with E-state index in [0.29, 0.717) is 36.4 Å². The van der Waals surface area contributed by atoms with Crippen LogP contribution in [0.15, 0.2) is 49.6 Å². The number of para-hydroxylation sites is 1. The second-order valence-corrected chi connectivity index (χ2v) is 9.51. The van der Waals surface area contributed by atoms with Crippen LogP contribution in [-0.4, -0.2) is 71.8 Å². The monoisotopic (exact) mass is 502 g/mol. The van der Waals surface area contributed by atoms with E-state index < -0.39 is 35.6 Å². The van der Waals surface area contributed by atoms with Crippen molar-refractivity contribution in [2.75, 3.05) is 31.2 Å². The molecule has 1 aromatic rings. The van der Waals surface area contributed by atoms with Crippen molar-refractivity contribution in [3.8, 4) is 0 Å². The lowest BCUT2D eigenvalue weighted by Gasteiger charge is -2.37. The van der Waals surface area contributed by atoms with Crippen LogP contribution in [0.1, 0.15) is 25.7 Å². The highest BCUT2D eigenvalue weighted by Crippen LogP contribution is 2.59. The first-order valence-corrected chi connectivity index (χ1v) is 12.3. The molecule has 5 atom stereocenters. The molecule has 1 N–H and O–H groups in total. The minimum atomic E-state index is -1.14. The molecule has 0 aliphatic carbocycles. The number of likely N-dealkylation sites (tertiary alicyclic amines) is 1. The van der Waals surface area contributed by atoms with Gasteiger partial charge in [-0.2, -0.15) is 0 Å². The molecule has 3 aliphatic rings. The Bertz CT molecular complexity index is 1020. The maximum atomic E-state index is 14.2. The molecule has 2 amide bonds. The number of carbonyl (C=O) groups is 3. The van der Waals surface area contributed by atoms with E-state index in [1.54, 1.807) is 36.4 Å². The van der Waals surface area contributed by atoms with Gasteiger partial charge < -0.3 is 24.4 Å². The summed E-state index contributed by atoms with van der Waals surface area (Å²) in [5.41, 5.74) is -0.640. The lowest BCUT2D eigenvalue weighted by Crippen LogP contribution is -2.56. The number of ether oxygens (including phenoxy) is 2. The number of fused-ring (bicyclic) bond motifs is 1. The van der Waals surface area contributed by atoms with Crippen molar-refractivity contribution in [1.29, 1.82) is 0 Å². The lowest BCUT2D eigenvalue weighted by molar-refractivity contribution is -0.155. The summed E-state index contributed by atoms with van der Waals surface area (Å²) in [7, 11) is 0. The highest BCUT2D eigenvalue weighted by atomic mass is 35.5. The van der Waals surface area contributed by atoms with Gasteiger partial charge in [0, 0.05) is 19.7 Å². The number of hydrogen-bond acceptors (Lipinski definition) is 6.